The number of carbonyl (C=O) groups is 2. The zero-order chi connectivity index (χ0) is 25.5. The van der Waals surface area contributed by atoms with Crippen molar-refractivity contribution in [1.82, 2.24) is 9.97 Å². The zero-order valence-electron chi connectivity index (χ0n) is 19.5. The molecule has 10 heteroatoms. The van der Waals surface area contributed by atoms with E-state index in [0.717, 1.165) is 16.6 Å². The number of imidazole rings is 1. The van der Waals surface area contributed by atoms with Crippen LogP contribution in [0.25, 0.3) is 22.4 Å². The summed E-state index contributed by atoms with van der Waals surface area (Å²) in [6.07, 6.45) is 0.897. The van der Waals surface area contributed by atoms with Crippen LogP contribution in [0, 0.1) is 10.1 Å². The van der Waals surface area contributed by atoms with Crippen molar-refractivity contribution in [3.8, 4) is 17.1 Å². The molecule has 10 nitrogen and oxygen atoms in total. The predicted molar refractivity (Wildman–Crippen MR) is 134 cm³/mol. The van der Waals surface area contributed by atoms with Gasteiger partial charge in [0.1, 0.15) is 11.6 Å². The Kier molecular flexibility index (Phi) is 7.54. The van der Waals surface area contributed by atoms with Gasteiger partial charge in [0.15, 0.2) is 0 Å². The number of fused-ring (bicyclic) bond motifs is 1. The molecule has 184 valence electrons. The lowest BCUT2D eigenvalue weighted by Crippen LogP contribution is -2.11. The van der Waals surface area contributed by atoms with Gasteiger partial charge in [-0.05, 0) is 67.9 Å². The van der Waals surface area contributed by atoms with Gasteiger partial charge < -0.3 is 19.8 Å². The molecular formula is C26H24N4O6. The molecular weight excluding hydrogens is 464 g/mol. The van der Waals surface area contributed by atoms with Crippen LogP contribution >= 0.6 is 0 Å². The number of nitrogens with zero attached hydrogens (tertiary/aromatic N) is 2. The van der Waals surface area contributed by atoms with Crippen molar-refractivity contribution < 1.29 is 24.0 Å². The summed E-state index contributed by atoms with van der Waals surface area (Å²) < 4.78 is 10.6. The molecule has 4 aromatic rings. The molecule has 1 amide bonds. The lowest BCUT2D eigenvalue weighted by atomic mass is 10.2. The van der Waals surface area contributed by atoms with E-state index in [1.54, 1.807) is 25.1 Å². The smallest absolute Gasteiger partial charge is 0.305 e. The Balaban J connectivity index is 1.38. The average molecular weight is 489 g/mol. The quantitative estimate of drug-likeness (QED) is 0.137. The van der Waals surface area contributed by atoms with Crippen LogP contribution in [0.2, 0.25) is 0 Å². The maximum atomic E-state index is 12.5. The van der Waals surface area contributed by atoms with Gasteiger partial charge in [0.25, 0.3) is 11.6 Å². The normalized spacial score (nSPS) is 10.7. The fourth-order valence-electron chi connectivity index (χ4n) is 3.51. The first kappa shape index (κ1) is 24.4. The molecule has 0 spiro atoms. The Morgan fingerprint density at radius 1 is 1.06 bits per heavy atom. The van der Waals surface area contributed by atoms with Crippen LogP contribution in [0.3, 0.4) is 0 Å². The van der Waals surface area contributed by atoms with Crippen molar-refractivity contribution in [1.29, 1.82) is 0 Å². The van der Waals surface area contributed by atoms with Gasteiger partial charge >= 0.3 is 5.97 Å². The number of benzene rings is 3. The second kappa shape index (κ2) is 11.1. The standard InChI is InChI=1S/C26H24N4O6/c1-2-35-24(31)4-3-15-36-21-12-7-17(8-13-21)25-28-22-14-9-19(16-23(22)29-25)27-26(32)18-5-10-20(11-6-18)30(33)34/h5-14,16H,2-4,15H2,1H3,(H,27,32)(H,28,29). The first-order chi connectivity index (χ1) is 17.4. The summed E-state index contributed by atoms with van der Waals surface area (Å²) in [6.45, 7) is 2.57. The minimum atomic E-state index is -0.513. The maximum Gasteiger partial charge on any atom is 0.305 e. The van der Waals surface area contributed by atoms with E-state index in [9.17, 15) is 19.7 Å². The first-order valence-electron chi connectivity index (χ1n) is 11.4. The van der Waals surface area contributed by atoms with Crippen LogP contribution in [0.1, 0.15) is 30.1 Å². The molecule has 2 N–H and O–H groups in total. The van der Waals surface area contributed by atoms with E-state index in [1.165, 1.54) is 24.3 Å². The van der Waals surface area contributed by atoms with E-state index in [0.29, 0.717) is 48.9 Å². The van der Waals surface area contributed by atoms with E-state index in [-0.39, 0.29) is 17.6 Å². The van der Waals surface area contributed by atoms with Crippen molar-refractivity contribution in [2.45, 2.75) is 19.8 Å². The number of hydrogen-bond acceptors (Lipinski definition) is 7. The second-order valence-corrected chi connectivity index (χ2v) is 7.86. The van der Waals surface area contributed by atoms with Crippen molar-refractivity contribution >= 4 is 34.3 Å². The van der Waals surface area contributed by atoms with Crippen LogP contribution in [0.4, 0.5) is 11.4 Å². The maximum absolute atomic E-state index is 12.5. The molecule has 3 aromatic carbocycles. The van der Waals surface area contributed by atoms with Crippen LogP contribution in [-0.4, -0.2) is 40.0 Å². The number of esters is 1. The number of nitro benzene ring substituents is 1. The number of amides is 1. The third kappa shape index (κ3) is 6.03. The van der Waals surface area contributed by atoms with Gasteiger partial charge in [-0.25, -0.2) is 4.98 Å². The minimum absolute atomic E-state index is 0.0773. The van der Waals surface area contributed by atoms with Crippen molar-refractivity contribution in [3.05, 3.63) is 82.4 Å². The number of aromatic nitrogens is 2. The highest BCUT2D eigenvalue weighted by molar-refractivity contribution is 6.05. The molecule has 0 aliphatic rings. The molecule has 0 aliphatic carbocycles. The van der Waals surface area contributed by atoms with Crippen LogP contribution in [0.15, 0.2) is 66.7 Å². The van der Waals surface area contributed by atoms with Gasteiger partial charge in [-0.15, -0.1) is 0 Å². The number of nitrogens with one attached hydrogen (secondary N) is 2. The summed E-state index contributed by atoms with van der Waals surface area (Å²) in [5.41, 5.74) is 3.14. The van der Waals surface area contributed by atoms with Gasteiger partial charge in [-0.1, -0.05) is 0 Å². The van der Waals surface area contributed by atoms with Gasteiger partial charge in [0.2, 0.25) is 0 Å². The number of hydrogen-bond donors (Lipinski definition) is 2. The molecule has 1 heterocycles. The highest BCUT2D eigenvalue weighted by Gasteiger charge is 2.12. The number of aromatic amines is 1. The van der Waals surface area contributed by atoms with Crippen LogP contribution in [-0.2, 0) is 9.53 Å². The lowest BCUT2D eigenvalue weighted by Gasteiger charge is -2.06. The van der Waals surface area contributed by atoms with Gasteiger partial charge in [0, 0.05) is 35.4 Å². The summed E-state index contributed by atoms with van der Waals surface area (Å²) in [4.78, 5) is 42.0. The fraction of sp³-hybridized carbons (Fsp3) is 0.192. The van der Waals surface area contributed by atoms with E-state index in [1.807, 2.05) is 24.3 Å². The van der Waals surface area contributed by atoms with E-state index in [4.69, 9.17) is 9.47 Å². The molecule has 0 atom stereocenters. The summed E-state index contributed by atoms with van der Waals surface area (Å²) in [5.74, 6) is 0.755. The Morgan fingerprint density at radius 2 is 1.81 bits per heavy atom. The third-order valence-corrected chi connectivity index (χ3v) is 5.31. The number of nitro groups is 1. The zero-order valence-corrected chi connectivity index (χ0v) is 19.5. The Morgan fingerprint density at radius 3 is 2.50 bits per heavy atom. The average Bonchev–Trinajstić information content (AvgIpc) is 3.31. The number of rotatable bonds is 10. The van der Waals surface area contributed by atoms with Crippen molar-refractivity contribution in [3.63, 3.8) is 0 Å². The number of anilines is 1. The Labute approximate surface area is 206 Å². The minimum Gasteiger partial charge on any atom is -0.494 e. The lowest BCUT2D eigenvalue weighted by molar-refractivity contribution is -0.384. The largest absolute Gasteiger partial charge is 0.494 e. The number of ether oxygens (including phenoxy) is 2. The molecule has 0 fully saturated rings. The summed E-state index contributed by atoms with van der Waals surface area (Å²) in [7, 11) is 0. The molecule has 0 saturated heterocycles. The first-order valence-corrected chi connectivity index (χ1v) is 11.4. The van der Waals surface area contributed by atoms with E-state index >= 15 is 0 Å². The van der Waals surface area contributed by atoms with Crippen molar-refractivity contribution in [2.24, 2.45) is 0 Å². The molecule has 0 aliphatic heterocycles. The molecule has 4 rings (SSSR count). The molecule has 0 saturated carbocycles. The summed E-state index contributed by atoms with van der Waals surface area (Å²) >= 11 is 0. The monoisotopic (exact) mass is 488 g/mol. The highest BCUT2D eigenvalue weighted by Crippen LogP contribution is 2.25. The number of non-ortho nitro benzene ring substituents is 1. The Bertz CT molecular complexity index is 1380. The highest BCUT2D eigenvalue weighted by atomic mass is 16.6. The summed E-state index contributed by atoms with van der Waals surface area (Å²) in [5, 5.41) is 13.6. The molecule has 0 unspecified atom stereocenters. The third-order valence-electron chi connectivity index (χ3n) is 5.31. The van der Waals surface area contributed by atoms with E-state index < -0.39 is 4.92 Å². The van der Waals surface area contributed by atoms with Gasteiger partial charge in [-0.3, -0.25) is 19.7 Å². The molecule has 0 bridgehead atoms. The molecule has 0 radical (unpaired) electrons. The van der Waals surface area contributed by atoms with E-state index in [2.05, 4.69) is 15.3 Å². The predicted octanol–water partition coefficient (Wildman–Crippen LogP) is 5.11. The second-order valence-electron chi connectivity index (χ2n) is 7.86. The topological polar surface area (TPSA) is 136 Å². The fourth-order valence-corrected chi connectivity index (χ4v) is 3.51. The summed E-state index contributed by atoms with van der Waals surface area (Å²) in [6, 6.07) is 18.2. The van der Waals surface area contributed by atoms with Crippen LogP contribution < -0.4 is 10.1 Å². The number of carbonyl (C=O) groups excluding carboxylic acids is 2. The SMILES string of the molecule is CCOC(=O)CCCOc1ccc(-c2nc3ccc(NC(=O)c4ccc([N+](=O)[O-])cc4)cc3[nH]2)cc1. The van der Waals surface area contributed by atoms with Crippen molar-refractivity contribution in [2.75, 3.05) is 18.5 Å². The number of H-pyrrole nitrogens is 1. The van der Waals surface area contributed by atoms with Crippen LogP contribution in [0.5, 0.6) is 5.75 Å². The Hall–Kier alpha value is -4.73. The van der Waals surface area contributed by atoms with Gasteiger partial charge in [0.05, 0.1) is 29.2 Å². The molecule has 36 heavy (non-hydrogen) atoms. The van der Waals surface area contributed by atoms with Gasteiger partial charge in [-0.2, -0.15) is 0 Å². The molecule has 1 aromatic heterocycles.